The van der Waals surface area contributed by atoms with Crippen LogP contribution in [0.15, 0.2) is 0 Å². The molecule has 0 saturated heterocycles. The van der Waals surface area contributed by atoms with Crippen molar-refractivity contribution < 1.29 is 13.2 Å². The van der Waals surface area contributed by atoms with E-state index in [-0.39, 0.29) is 5.75 Å². The molecule has 1 aliphatic carbocycles. The lowest BCUT2D eigenvalue weighted by atomic mass is 10.1. The quantitative estimate of drug-likeness (QED) is 0.636. The average molecular weight is 263 g/mol. The van der Waals surface area contributed by atoms with Crippen LogP contribution in [0.2, 0.25) is 0 Å². The molecule has 0 amide bonds. The predicted molar refractivity (Wildman–Crippen MR) is 70.0 cm³/mol. The van der Waals surface area contributed by atoms with E-state index in [0.29, 0.717) is 18.2 Å². The van der Waals surface area contributed by atoms with Gasteiger partial charge in [-0.15, -0.1) is 0 Å². The highest BCUT2D eigenvalue weighted by Gasteiger charge is 2.21. The van der Waals surface area contributed by atoms with Crippen LogP contribution in [0.3, 0.4) is 0 Å². The Kier molecular flexibility index (Phi) is 7.08. The highest BCUT2D eigenvalue weighted by Crippen LogP contribution is 2.25. The van der Waals surface area contributed by atoms with Crippen LogP contribution >= 0.6 is 0 Å². The van der Waals surface area contributed by atoms with Crippen LogP contribution in [-0.2, 0) is 14.6 Å². The van der Waals surface area contributed by atoms with Gasteiger partial charge in [-0.3, -0.25) is 0 Å². The number of ether oxygens (including phenoxy) is 1. The summed E-state index contributed by atoms with van der Waals surface area (Å²) in [4.78, 5) is 0. The van der Waals surface area contributed by atoms with Gasteiger partial charge in [-0.2, -0.15) is 0 Å². The van der Waals surface area contributed by atoms with Crippen LogP contribution < -0.4 is 5.32 Å². The van der Waals surface area contributed by atoms with Gasteiger partial charge in [0, 0.05) is 20.3 Å². The molecule has 1 rings (SSSR count). The summed E-state index contributed by atoms with van der Waals surface area (Å²) in [6, 6.07) is 0. The van der Waals surface area contributed by atoms with Crippen LogP contribution in [0.1, 0.15) is 32.1 Å². The van der Waals surface area contributed by atoms with Gasteiger partial charge in [0.25, 0.3) is 0 Å². The summed E-state index contributed by atoms with van der Waals surface area (Å²) in [6.07, 6.45) is 5.53. The molecule has 1 fully saturated rings. The van der Waals surface area contributed by atoms with Gasteiger partial charge in [-0.25, -0.2) is 8.42 Å². The molecule has 0 aromatic carbocycles. The van der Waals surface area contributed by atoms with E-state index in [0.717, 1.165) is 32.4 Å². The first-order valence-corrected chi connectivity index (χ1v) is 8.36. The minimum absolute atomic E-state index is 0.274. The predicted octanol–water partition coefficient (Wildman–Crippen LogP) is 1.22. The van der Waals surface area contributed by atoms with Crippen molar-refractivity contribution in [3.63, 3.8) is 0 Å². The Morgan fingerprint density at radius 1 is 1.24 bits per heavy atom. The molecule has 0 atom stereocenters. The van der Waals surface area contributed by atoms with Crippen molar-refractivity contribution in [2.45, 2.75) is 32.1 Å². The SMILES string of the molecule is COCCCNCCS(=O)(=O)CC1CCCC1. The second-order valence-corrected chi connectivity index (χ2v) is 7.09. The zero-order valence-corrected chi connectivity index (χ0v) is 11.6. The maximum absolute atomic E-state index is 11.8. The third-order valence-corrected chi connectivity index (χ3v) is 5.06. The van der Waals surface area contributed by atoms with Gasteiger partial charge in [0.1, 0.15) is 0 Å². The minimum Gasteiger partial charge on any atom is -0.385 e. The van der Waals surface area contributed by atoms with Crippen molar-refractivity contribution in [2.24, 2.45) is 5.92 Å². The van der Waals surface area contributed by atoms with Gasteiger partial charge >= 0.3 is 0 Å². The van der Waals surface area contributed by atoms with Gasteiger partial charge in [-0.05, 0) is 31.7 Å². The van der Waals surface area contributed by atoms with E-state index < -0.39 is 9.84 Å². The van der Waals surface area contributed by atoms with Gasteiger partial charge in [0.15, 0.2) is 9.84 Å². The molecule has 0 spiro atoms. The van der Waals surface area contributed by atoms with Crippen molar-refractivity contribution in [3.8, 4) is 0 Å². The van der Waals surface area contributed by atoms with E-state index in [1.807, 2.05) is 0 Å². The molecule has 4 nitrogen and oxygen atoms in total. The highest BCUT2D eigenvalue weighted by molar-refractivity contribution is 7.91. The molecular weight excluding hydrogens is 238 g/mol. The molecule has 0 unspecified atom stereocenters. The van der Waals surface area contributed by atoms with Gasteiger partial charge in [0.2, 0.25) is 0 Å². The molecular formula is C12H25NO3S. The van der Waals surface area contributed by atoms with Crippen molar-refractivity contribution in [1.29, 1.82) is 0 Å². The fraction of sp³-hybridized carbons (Fsp3) is 1.00. The zero-order valence-electron chi connectivity index (χ0n) is 10.8. The van der Waals surface area contributed by atoms with Crippen LogP contribution in [0.25, 0.3) is 0 Å². The lowest BCUT2D eigenvalue weighted by molar-refractivity contribution is 0.194. The molecule has 0 radical (unpaired) electrons. The van der Waals surface area contributed by atoms with E-state index in [1.54, 1.807) is 7.11 Å². The smallest absolute Gasteiger partial charge is 0.151 e. The van der Waals surface area contributed by atoms with Crippen LogP contribution in [0.5, 0.6) is 0 Å². The Balaban J connectivity index is 2.07. The Bertz CT molecular complexity index is 284. The Morgan fingerprint density at radius 3 is 2.59 bits per heavy atom. The Labute approximate surface area is 105 Å². The zero-order chi connectivity index (χ0) is 12.6. The second-order valence-electron chi connectivity index (χ2n) is 4.86. The largest absolute Gasteiger partial charge is 0.385 e. The number of methoxy groups -OCH3 is 1. The van der Waals surface area contributed by atoms with E-state index in [4.69, 9.17) is 4.74 Å². The standard InChI is InChI=1S/C12H25NO3S/c1-16-9-4-7-13-8-10-17(14,15)11-12-5-2-3-6-12/h12-13H,2-11H2,1H3. The van der Waals surface area contributed by atoms with E-state index >= 15 is 0 Å². The topological polar surface area (TPSA) is 55.4 Å². The third kappa shape index (κ3) is 7.01. The molecule has 5 heteroatoms. The van der Waals surface area contributed by atoms with Crippen LogP contribution in [0, 0.1) is 5.92 Å². The normalized spacial score (nSPS) is 17.7. The fourth-order valence-electron chi connectivity index (χ4n) is 2.31. The molecule has 0 aliphatic heterocycles. The molecule has 1 saturated carbocycles. The molecule has 0 aromatic heterocycles. The van der Waals surface area contributed by atoms with Crippen LogP contribution in [-0.4, -0.2) is 46.7 Å². The first kappa shape index (κ1) is 14.9. The van der Waals surface area contributed by atoms with E-state index in [9.17, 15) is 8.42 Å². The van der Waals surface area contributed by atoms with Gasteiger partial charge < -0.3 is 10.1 Å². The summed E-state index contributed by atoms with van der Waals surface area (Å²) in [5, 5.41) is 3.14. The highest BCUT2D eigenvalue weighted by atomic mass is 32.2. The molecule has 0 heterocycles. The summed E-state index contributed by atoms with van der Waals surface area (Å²) in [6.45, 7) is 2.12. The minimum atomic E-state index is -2.85. The van der Waals surface area contributed by atoms with Gasteiger partial charge in [0.05, 0.1) is 11.5 Å². The molecule has 0 aromatic rings. The van der Waals surface area contributed by atoms with E-state index in [1.165, 1.54) is 12.8 Å². The Hall–Kier alpha value is -0.130. The summed E-state index contributed by atoms with van der Waals surface area (Å²) in [5.41, 5.74) is 0. The number of sulfone groups is 1. The van der Waals surface area contributed by atoms with Crippen molar-refractivity contribution in [3.05, 3.63) is 0 Å². The molecule has 1 aliphatic rings. The number of hydrogen-bond donors (Lipinski definition) is 1. The summed E-state index contributed by atoms with van der Waals surface area (Å²) < 4.78 is 28.5. The molecule has 102 valence electrons. The maximum atomic E-state index is 11.8. The van der Waals surface area contributed by atoms with Crippen molar-refractivity contribution in [1.82, 2.24) is 5.32 Å². The molecule has 0 bridgehead atoms. The van der Waals surface area contributed by atoms with Crippen LogP contribution in [0.4, 0.5) is 0 Å². The average Bonchev–Trinajstić information content (AvgIpc) is 2.75. The number of nitrogens with one attached hydrogen (secondary N) is 1. The lowest BCUT2D eigenvalue weighted by Gasteiger charge is -2.10. The second kappa shape index (κ2) is 8.06. The molecule has 17 heavy (non-hydrogen) atoms. The molecule has 1 N–H and O–H groups in total. The van der Waals surface area contributed by atoms with Crippen molar-refractivity contribution in [2.75, 3.05) is 38.3 Å². The first-order chi connectivity index (χ1) is 8.14. The monoisotopic (exact) mass is 263 g/mol. The summed E-state index contributed by atoms with van der Waals surface area (Å²) >= 11 is 0. The lowest BCUT2D eigenvalue weighted by Crippen LogP contribution is -2.27. The number of rotatable bonds is 9. The maximum Gasteiger partial charge on any atom is 0.151 e. The third-order valence-electron chi connectivity index (χ3n) is 3.26. The van der Waals surface area contributed by atoms with Gasteiger partial charge in [-0.1, -0.05) is 12.8 Å². The Morgan fingerprint density at radius 2 is 1.94 bits per heavy atom. The van der Waals surface area contributed by atoms with Crippen molar-refractivity contribution >= 4 is 9.84 Å². The summed E-state index contributed by atoms with van der Waals surface area (Å²) in [7, 11) is -1.18. The number of hydrogen-bond acceptors (Lipinski definition) is 4. The van der Waals surface area contributed by atoms with E-state index in [2.05, 4.69) is 5.32 Å². The summed E-state index contributed by atoms with van der Waals surface area (Å²) in [5.74, 6) is 1.09. The fourth-order valence-corrected chi connectivity index (χ4v) is 3.99. The first-order valence-electron chi connectivity index (χ1n) is 6.54.